The summed E-state index contributed by atoms with van der Waals surface area (Å²) in [5.74, 6) is 3.22. The van der Waals surface area contributed by atoms with Gasteiger partial charge in [0.05, 0.1) is 35.5 Å². The summed E-state index contributed by atoms with van der Waals surface area (Å²) in [5, 5.41) is 0. The van der Waals surface area contributed by atoms with E-state index in [9.17, 15) is 4.79 Å². The molecular formula is C23H28O7. The highest BCUT2D eigenvalue weighted by molar-refractivity contribution is 5.75. The van der Waals surface area contributed by atoms with Crippen molar-refractivity contribution in [3.8, 4) is 34.5 Å². The third kappa shape index (κ3) is 5.37. The van der Waals surface area contributed by atoms with Crippen LogP contribution in [0.3, 0.4) is 0 Å². The first-order valence-electron chi connectivity index (χ1n) is 9.34. The largest absolute Gasteiger partial charge is 0.493 e. The lowest BCUT2D eigenvalue weighted by Gasteiger charge is -2.21. The maximum atomic E-state index is 10.6. The number of hydrogen-bond donors (Lipinski definition) is 0. The molecule has 0 aliphatic heterocycles. The third-order valence-corrected chi connectivity index (χ3v) is 4.42. The second kappa shape index (κ2) is 11.0. The monoisotopic (exact) mass is 416 g/mol. The van der Waals surface area contributed by atoms with E-state index in [1.54, 1.807) is 53.8 Å². The van der Waals surface area contributed by atoms with Gasteiger partial charge in [-0.15, -0.1) is 0 Å². The molecule has 7 nitrogen and oxygen atoms in total. The van der Waals surface area contributed by atoms with Crippen LogP contribution >= 0.6 is 0 Å². The lowest BCUT2D eigenvalue weighted by Crippen LogP contribution is -2.16. The van der Waals surface area contributed by atoms with E-state index in [0.29, 0.717) is 47.2 Å². The van der Waals surface area contributed by atoms with Crippen LogP contribution in [-0.4, -0.2) is 47.9 Å². The zero-order chi connectivity index (χ0) is 22.1. The predicted octanol–water partition coefficient (Wildman–Crippen LogP) is 3.95. The number of benzene rings is 2. The average Bonchev–Trinajstić information content (AvgIpc) is 2.77. The molecule has 2 rings (SSSR count). The normalized spacial score (nSPS) is 11.7. The molecule has 0 bridgehead atoms. The van der Waals surface area contributed by atoms with Crippen molar-refractivity contribution in [1.82, 2.24) is 0 Å². The van der Waals surface area contributed by atoms with Crippen molar-refractivity contribution >= 4 is 12.4 Å². The van der Waals surface area contributed by atoms with E-state index in [4.69, 9.17) is 28.4 Å². The Bertz CT molecular complexity index is 839. The molecule has 0 heterocycles. The number of rotatable bonds is 11. The molecule has 30 heavy (non-hydrogen) atoms. The molecule has 0 saturated carbocycles. The molecule has 0 N–H and O–H groups in total. The van der Waals surface area contributed by atoms with Crippen molar-refractivity contribution in [2.75, 3.05) is 35.5 Å². The average molecular weight is 416 g/mol. The molecule has 0 aliphatic rings. The molecule has 1 atom stereocenters. The molecule has 2 aromatic carbocycles. The van der Waals surface area contributed by atoms with Gasteiger partial charge in [0.15, 0.2) is 23.0 Å². The second-order valence-electron chi connectivity index (χ2n) is 6.42. The van der Waals surface area contributed by atoms with Crippen LogP contribution in [0.5, 0.6) is 34.5 Å². The number of methoxy groups -OCH3 is 5. The molecule has 0 fully saturated rings. The molecule has 0 aliphatic carbocycles. The van der Waals surface area contributed by atoms with Crippen LogP contribution in [0.1, 0.15) is 18.1 Å². The SMILES string of the molecule is COc1cc(C[C@H](C)Oc2c(OC)cc(/C=C/C=O)cc2OC)cc(OC)c1OC. The molecule has 0 spiro atoms. The van der Waals surface area contributed by atoms with Gasteiger partial charge in [0.1, 0.15) is 12.4 Å². The van der Waals surface area contributed by atoms with Crippen molar-refractivity contribution in [2.24, 2.45) is 0 Å². The van der Waals surface area contributed by atoms with E-state index >= 15 is 0 Å². The van der Waals surface area contributed by atoms with E-state index in [0.717, 1.165) is 11.1 Å². The summed E-state index contributed by atoms with van der Waals surface area (Å²) in [6, 6.07) is 7.35. The molecule has 0 radical (unpaired) electrons. The Morgan fingerprint density at radius 2 is 1.27 bits per heavy atom. The van der Waals surface area contributed by atoms with Gasteiger partial charge in [-0.05, 0) is 48.4 Å². The van der Waals surface area contributed by atoms with Crippen LogP contribution in [0, 0.1) is 0 Å². The fraction of sp³-hybridized carbons (Fsp3) is 0.348. The molecule has 162 valence electrons. The Kier molecular flexibility index (Phi) is 8.41. The van der Waals surface area contributed by atoms with Gasteiger partial charge < -0.3 is 28.4 Å². The maximum absolute atomic E-state index is 10.6. The number of allylic oxidation sites excluding steroid dienone is 1. The van der Waals surface area contributed by atoms with Gasteiger partial charge in [-0.25, -0.2) is 0 Å². The Labute approximate surface area is 177 Å². The Morgan fingerprint density at radius 3 is 1.70 bits per heavy atom. The minimum absolute atomic E-state index is 0.216. The highest BCUT2D eigenvalue weighted by Crippen LogP contribution is 2.41. The lowest BCUT2D eigenvalue weighted by atomic mass is 10.1. The summed E-state index contributed by atoms with van der Waals surface area (Å²) >= 11 is 0. The van der Waals surface area contributed by atoms with E-state index < -0.39 is 0 Å². The smallest absolute Gasteiger partial charge is 0.203 e. The number of carbonyl (C=O) groups is 1. The number of hydrogen-bond acceptors (Lipinski definition) is 7. The minimum atomic E-state index is -0.216. The highest BCUT2D eigenvalue weighted by Gasteiger charge is 2.19. The van der Waals surface area contributed by atoms with E-state index in [1.807, 2.05) is 19.1 Å². The van der Waals surface area contributed by atoms with Gasteiger partial charge in [-0.2, -0.15) is 0 Å². The van der Waals surface area contributed by atoms with Gasteiger partial charge >= 0.3 is 0 Å². The van der Waals surface area contributed by atoms with Crippen molar-refractivity contribution < 1.29 is 33.2 Å². The van der Waals surface area contributed by atoms with E-state index in [-0.39, 0.29) is 6.10 Å². The molecule has 2 aromatic rings. The number of carbonyl (C=O) groups excluding carboxylic acids is 1. The zero-order valence-electron chi connectivity index (χ0n) is 18.2. The molecular weight excluding hydrogens is 388 g/mol. The number of ether oxygens (including phenoxy) is 6. The fourth-order valence-corrected chi connectivity index (χ4v) is 3.09. The van der Waals surface area contributed by atoms with Crippen molar-refractivity contribution in [1.29, 1.82) is 0 Å². The quantitative estimate of drug-likeness (QED) is 0.406. The topological polar surface area (TPSA) is 72.5 Å². The molecule has 0 unspecified atom stereocenters. The lowest BCUT2D eigenvalue weighted by molar-refractivity contribution is -0.104. The summed E-state index contributed by atoms with van der Waals surface area (Å²) in [7, 11) is 7.84. The van der Waals surface area contributed by atoms with Gasteiger partial charge in [0, 0.05) is 6.42 Å². The third-order valence-electron chi connectivity index (χ3n) is 4.42. The minimum Gasteiger partial charge on any atom is -0.493 e. The summed E-state index contributed by atoms with van der Waals surface area (Å²) in [4.78, 5) is 10.6. The van der Waals surface area contributed by atoms with Crippen LogP contribution in [0.2, 0.25) is 0 Å². The van der Waals surface area contributed by atoms with E-state index in [1.165, 1.54) is 6.08 Å². The van der Waals surface area contributed by atoms with Crippen LogP contribution in [-0.2, 0) is 11.2 Å². The van der Waals surface area contributed by atoms with Crippen molar-refractivity contribution in [3.05, 3.63) is 41.5 Å². The predicted molar refractivity (Wildman–Crippen MR) is 115 cm³/mol. The highest BCUT2D eigenvalue weighted by atomic mass is 16.5. The van der Waals surface area contributed by atoms with Crippen molar-refractivity contribution in [2.45, 2.75) is 19.4 Å². The van der Waals surface area contributed by atoms with Crippen LogP contribution in [0.4, 0.5) is 0 Å². The summed E-state index contributed by atoms with van der Waals surface area (Å²) in [5.41, 5.74) is 1.72. The van der Waals surface area contributed by atoms with Crippen LogP contribution in [0.25, 0.3) is 6.08 Å². The first kappa shape index (κ1) is 22.9. The maximum Gasteiger partial charge on any atom is 0.203 e. The first-order valence-corrected chi connectivity index (χ1v) is 9.34. The Hall–Kier alpha value is -3.35. The van der Waals surface area contributed by atoms with Gasteiger partial charge in [-0.3, -0.25) is 4.79 Å². The Balaban J connectivity index is 2.31. The summed E-state index contributed by atoms with van der Waals surface area (Å²) in [6.45, 7) is 1.95. The molecule has 0 amide bonds. The number of aldehydes is 1. The second-order valence-corrected chi connectivity index (χ2v) is 6.42. The Morgan fingerprint density at radius 1 is 0.767 bits per heavy atom. The standard InChI is InChI=1S/C23H28O7/c1-15(10-17-13-18(25-2)22(29-6)19(14-17)26-3)30-23-20(27-4)11-16(8-7-9-24)12-21(23)28-5/h7-9,11-15H,10H2,1-6H3/b8-7+/t15-/m0/s1. The zero-order valence-corrected chi connectivity index (χ0v) is 18.2. The fourth-order valence-electron chi connectivity index (χ4n) is 3.09. The van der Waals surface area contributed by atoms with E-state index in [2.05, 4.69) is 0 Å². The van der Waals surface area contributed by atoms with Crippen LogP contribution in [0.15, 0.2) is 30.3 Å². The van der Waals surface area contributed by atoms with Gasteiger partial charge in [0.2, 0.25) is 11.5 Å². The van der Waals surface area contributed by atoms with Gasteiger partial charge in [0.25, 0.3) is 0 Å². The summed E-state index contributed by atoms with van der Waals surface area (Å²) in [6.07, 6.45) is 4.15. The van der Waals surface area contributed by atoms with Gasteiger partial charge in [-0.1, -0.05) is 6.08 Å². The van der Waals surface area contributed by atoms with Crippen LogP contribution < -0.4 is 28.4 Å². The molecule has 7 heteroatoms. The molecule has 0 saturated heterocycles. The molecule has 0 aromatic heterocycles. The van der Waals surface area contributed by atoms with Crippen molar-refractivity contribution in [3.63, 3.8) is 0 Å². The first-order chi connectivity index (χ1) is 14.5. The summed E-state index contributed by atoms with van der Waals surface area (Å²) < 4.78 is 33.3.